The van der Waals surface area contributed by atoms with Crippen LogP contribution in [0, 0.1) is 0 Å². The number of benzene rings is 3. The second-order valence-corrected chi connectivity index (χ2v) is 7.33. The minimum absolute atomic E-state index is 0.824. The quantitative estimate of drug-likeness (QED) is 0.548. The van der Waals surface area contributed by atoms with E-state index in [9.17, 15) is 0 Å². The molecule has 29 heavy (non-hydrogen) atoms. The van der Waals surface area contributed by atoms with Gasteiger partial charge in [-0.15, -0.1) is 0 Å². The summed E-state index contributed by atoms with van der Waals surface area (Å²) < 4.78 is 10.7. The molecule has 0 unspecified atom stereocenters. The first-order chi connectivity index (χ1) is 14.2. The lowest BCUT2D eigenvalue weighted by Gasteiger charge is -2.31. The summed E-state index contributed by atoms with van der Waals surface area (Å²) in [6, 6.07) is 20.9. The zero-order chi connectivity index (χ0) is 19.8. The van der Waals surface area contributed by atoms with E-state index in [2.05, 4.69) is 46.3 Å². The molecule has 1 aliphatic heterocycles. The monoisotopic (exact) mass is 385 g/mol. The van der Waals surface area contributed by atoms with Crippen LogP contribution in [-0.4, -0.2) is 30.7 Å². The lowest BCUT2D eigenvalue weighted by Crippen LogP contribution is -2.30. The molecule has 5 rings (SSSR count). The van der Waals surface area contributed by atoms with Crippen molar-refractivity contribution in [2.75, 3.05) is 25.7 Å². The van der Waals surface area contributed by atoms with Gasteiger partial charge in [-0.1, -0.05) is 18.2 Å². The van der Waals surface area contributed by atoms with Crippen LogP contribution in [0.1, 0.15) is 11.1 Å². The molecule has 0 atom stereocenters. The first-order valence-corrected chi connectivity index (χ1v) is 9.78. The van der Waals surface area contributed by atoms with Crippen LogP contribution < -0.4 is 14.4 Å². The van der Waals surface area contributed by atoms with Gasteiger partial charge in [0.25, 0.3) is 0 Å². The van der Waals surface area contributed by atoms with Gasteiger partial charge in [0.1, 0.15) is 17.3 Å². The van der Waals surface area contributed by atoms with Crippen LogP contribution in [0.15, 0.2) is 60.7 Å². The number of aromatic amines is 1. The predicted octanol–water partition coefficient (Wildman–Crippen LogP) is 4.81. The van der Waals surface area contributed by atoms with Gasteiger partial charge in [0.15, 0.2) is 0 Å². The van der Waals surface area contributed by atoms with Crippen LogP contribution in [0.25, 0.3) is 22.4 Å². The summed E-state index contributed by atoms with van der Waals surface area (Å²) in [7, 11) is 3.39. The van der Waals surface area contributed by atoms with Crippen molar-refractivity contribution in [2.24, 2.45) is 0 Å². The Labute approximate surface area is 169 Å². The average Bonchev–Trinajstić information content (AvgIpc) is 3.21. The zero-order valence-corrected chi connectivity index (χ0v) is 16.6. The highest BCUT2D eigenvalue weighted by molar-refractivity contribution is 5.81. The molecule has 2 heterocycles. The van der Waals surface area contributed by atoms with E-state index in [-0.39, 0.29) is 0 Å². The summed E-state index contributed by atoms with van der Waals surface area (Å²) in [5, 5.41) is 0. The SMILES string of the molecule is COc1ccc2c(c1)CCN(c1cccc(-c3nc4ccc(OC)cc4[nH]3)c1)C2. The molecular formula is C24H23N3O2. The van der Waals surface area contributed by atoms with E-state index in [1.807, 2.05) is 24.3 Å². The molecular weight excluding hydrogens is 362 g/mol. The normalized spacial score (nSPS) is 13.4. The number of aromatic nitrogens is 2. The Morgan fingerprint density at radius 2 is 1.72 bits per heavy atom. The highest BCUT2D eigenvalue weighted by atomic mass is 16.5. The van der Waals surface area contributed by atoms with Crippen molar-refractivity contribution in [1.29, 1.82) is 0 Å². The standard InChI is InChI=1S/C24H23N3O2/c1-28-20-7-6-18-15-27(11-10-16(18)13-20)19-5-3-4-17(12-19)24-25-22-9-8-21(29-2)14-23(22)26-24/h3-9,12-14H,10-11,15H2,1-2H3,(H,25,26). The third kappa shape index (κ3) is 3.29. The molecule has 0 radical (unpaired) electrons. The van der Waals surface area contributed by atoms with Gasteiger partial charge in [0.05, 0.1) is 25.3 Å². The molecule has 0 aliphatic carbocycles. The van der Waals surface area contributed by atoms with Crippen LogP contribution in [-0.2, 0) is 13.0 Å². The Bertz CT molecular complexity index is 1180. The number of methoxy groups -OCH3 is 2. The van der Waals surface area contributed by atoms with Crippen molar-refractivity contribution in [3.63, 3.8) is 0 Å². The van der Waals surface area contributed by atoms with E-state index in [0.717, 1.165) is 53.4 Å². The minimum atomic E-state index is 0.824. The number of ether oxygens (including phenoxy) is 2. The summed E-state index contributed by atoms with van der Waals surface area (Å²) in [5.74, 6) is 2.63. The molecule has 5 nitrogen and oxygen atoms in total. The number of nitrogens with one attached hydrogen (secondary N) is 1. The molecule has 0 saturated carbocycles. The number of hydrogen-bond donors (Lipinski definition) is 1. The maximum absolute atomic E-state index is 5.36. The van der Waals surface area contributed by atoms with Crippen molar-refractivity contribution in [2.45, 2.75) is 13.0 Å². The Kier molecular flexibility index (Phi) is 4.35. The van der Waals surface area contributed by atoms with Crippen LogP contribution >= 0.6 is 0 Å². The average molecular weight is 385 g/mol. The van der Waals surface area contributed by atoms with E-state index in [1.165, 1.54) is 16.8 Å². The maximum atomic E-state index is 5.36. The predicted molar refractivity (Wildman–Crippen MR) is 116 cm³/mol. The Morgan fingerprint density at radius 3 is 2.59 bits per heavy atom. The van der Waals surface area contributed by atoms with Gasteiger partial charge >= 0.3 is 0 Å². The molecule has 146 valence electrons. The fourth-order valence-electron chi connectivity index (χ4n) is 3.98. The molecule has 4 aromatic rings. The highest BCUT2D eigenvalue weighted by Gasteiger charge is 2.18. The van der Waals surface area contributed by atoms with E-state index in [4.69, 9.17) is 14.5 Å². The largest absolute Gasteiger partial charge is 0.497 e. The van der Waals surface area contributed by atoms with E-state index >= 15 is 0 Å². The molecule has 0 spiro atoms. The minimum Gasteiger partial charge on any atom is -0.497 e. The summed E-state index contributed by atoms with van der Waals surface area (Å²) in [5.41, 5.74) is 6.94. The van der Waals surface area contributed by atoms with Crippen LogP contribution in [0.4, 0.5) is 5.69 Å². The number of hydrogen-bond acceptors (Lipinski definition) is 4. The smallest absolute Gasteiger partial charge is 0.138 e. The second kappa shape index (κ2) is 7.17. The lowest BCUT2D eigenvalue weighted by atomic mass is 9.98. The molecule has 0 fully saturated rings. The van der Waals surface area contributed by atoms with Gasteiger partial charge in [-0.2, -0.15) is 0 Å². The van der Waals surface area contributed by atoms with Crippen molar-refractivity contribution in [3.05, 3.63) is 71.8 Å². The Balaban J connectivity index is 1.44. The van der Waals surface area contributed by atoms with Gasteiger partial charge in [-0.05, 0) is 53.9 Å². The molecule has 0 bridgehead atoms. The third-order valence-corrected chi connectivity index (χ3v) is 5.60. The Hall–Kier alpha value is -3.47. The molecule has 1 aromatic heterocycles. The van der Waals surface area contributed by atoms with Crippen LogP contribution in [0.2, 0.25) is 0 Å². The number of fused-ring (bicyclic) bond motifs is 2. The van der Waals surface area contributed by atoms with Crippen LogP contribution in [0.5, 0.6) is 11.5 Å². The van der Waals surface area contributed by atoms with Crippen molar-refractivity contribution in [1.82, 2.24) is 9.97 Å². The first-order valence-electron chi connectivity index (χ1n) is 9.78. The summed E-state index contributed by atoms with van der Waals surface area (Å²) in [4.78, 5) is 10.6. The maximum Gasteiger partial charge on any atom is 0.138 e. The Morgan fingerprint density at radius 1 is 0.897 bits per heavy atom. The molecule has 0 saturated heterocycles. The highest BCUT2D eigenvalue weighted by Crippen LogP contribution is 2.30. The zero-order valence-electron chi connectivity index (χ0n) is 16.6. The number of imidazole rings is 1. The van der Waals surface area contributed by atoms with Crippen LogP contribution in [0.3, 0.4) is 0 Å². The van der Waals surface area contributed by atoms with E-state index in [0.29, 0.717) is 0 Å². The molecule has 0 amide bonds. The van der Waals surface area contributed by atoms with Crippen molar-refractivity contribution < 1.29 is 9.47 Å². The first kappa shape index (κ1) is 17.6. The fraction of sp³-hybridized carbons (Fsp3) is 0.208. The van der Waals surface area contributed by atoms with Crippen molar-refractivity contribution >= 4 is 16.7 Å². The van der Waals surface area contributed by atoms with Gasteiger partial charge in [-0.3, -0.25) is 0 Å². The van der Waals surface area contributed by atoms with E-state index < -0.39 is 0 Å². The summed E-state index contributed by atoms with van der Waals surface area (Å²) >= 11 is 0. The van der Waals surface area contributed by atoms with Gasteiger partial charge in [0.2, 0.25) is 0 Å². The van der Waals surface area contributed by atoms with Gasteiger partial charge < -0.3 is 19.4 Å². The molecule has 3 aromatic carbocycles. The molecule has 1 aliphatic rings. The molecule has 5 heteroatoms. The lowest BCUT2D eigenvalue weighted by molar-refractivity contribution is 0.413. The number of nitrogens with zero attached hydrogens (tertiary/aromatic N) is 2. The van der Waals surface area contributed by atoms with Crippen molar-refractivity contribution in [3.8, 4) is 22.9 Å². The number of rotatable bonds is 4. The van der Waals surface area contributed by atoms with Gasteiger partial charge in [0, 0.05) is 30.4 Å². The topological polar surface area (TPSA) is 50.4 Å². The fourth-order valence-corrected chi connectivity index (χ4v) is 3.98. The number of H-pyrrole nitrogens is 1. The second-order valence-electron chi connectivity index (χ2n) is 7.33. The number of anilines is 1. The van der Waals surface area contributed by atoms with E-state index in [1.54, 1.807) is 14.2 Å². The molecule has 1 N–H and O–H groups in total. The summed E-state index contributed by atoms with van der Waals surface area (Å²) in [6.45, 7) is 1.89. The summed E-state index contributed by atoms with van der Waals surface area (Å²) in [6.07, 6.45) is 1.02. The third-order valence-electron chi connectivity index (χ3n) is 5.60. The van der Waals surface area contributed by atoms with Gasteiger partial charge in [-0.25, -0.2) is 4.98 Å².